The number of pyridine rings is 1. The van der Waals surface area contributed by atoms with E-state index in [1.165, 1.54) is 27.7 Å². The van der Waals surface area contributed by atoms with Crippen molar-refractivity contribution in [1.82, 2.24) is 19.4 Å². The smallest absolute Gasteiger partial charge is 0.274 e. The molecule has 2 amide bonds. The third kappa shape index (κ3) is 6.95. The van der Waals surface area contributed by atoms with E-state index in [2.05, 4.69) is 15.3 Å². The van der Waals surface area contributed by atoms with E-state index in [0.717, 1.165) is 12.1 Å². The molecule has 0 spiro atoms. The average molecular weight is 536 g/mol. The van der Waals surface area contributed by atoms with E-state index in [1.54, 1.807) is 50.6 Å². The summed E-state index contributed by atoms with van der Waals surface area (Å²) in [6, 6.07) is 11.2. The highest BCUT2D eigenvalue weighted by atomic mass is 19.1. The Morgan fingerprint density at radius 3 is 2.72 bits per heavy atom. The minimum atomic E-state index is -0.840. The summed E-state index contributed by atoms with van der Waals surface area (Å²) in [4.78, 5) is 45.9. The first-order valence-electron chi connectivity index (χ1n) is 12.2. The van der Waals surface area contributed by atoms with Crippen LogP contribution in [0.3, 0.4) is 0 Å². The first-order chi connectivity index (χ1) is 18.7. The van der Waals surface area contributed by atoms with Crippen molar-refractivity contribution in [2.75, 3.05) is 19.4 Å². The number of halogens is 2. The Bertz CT molecular complexity index is 1590. The fraction of sp³-hybridized carbons (Fsp3) is 0.214. The molecule has 202 valence electrons. The number of ether oxygens (including phenoxy) is 1. The minimum Gasteiger partial charge on any atom is -0.452 e. The van der Waals surface area contributed by atoms with Gasteiger partial charge in [0.05, 0.1) is 12.1 Å². The van der Waals surface area contributed by atoms with Gasteiger partial charge in [-0.05, 0) is 55.3 Å². The number of aromatic amines is 1. The Balaban J connectivity index is 1.42. The van der Waals surface area contributed by atoms with Gasteiger partial charge in [-0.2, -0.15) is 0 Å². The van der Waals surface area contributed by atoms with E-state index in [-0.39, 0.29) is 42.0 Å². The van der Waals surface area contributed by atoms with Gasteiger partial charge in [0.25, 0.3) is 5.56 Å². The maximum atomic E-state index is 14.1. The zero-order valence-corrected chi connectivity index (χ0v) is 21.4. The number of nitrogens with zero attached hydrogens (tertiary/aromatic N) is 3. The molecule has 2 N–H and O–H groups in total. The normalized spacial score (nSPS) is 11.2. The van der Waals surface area contributed by atoms with Crippen molar-refractivity contribution in [1.29, 1.82) is 0 Å². The maximum Gasteiger partial charge on any atom is 0.274 e. The third-order valence-electron chi connectivity index (χ3n) is 5.73. The summed E-state index contributed by atoms with van der Waals surface area (Å²) in [6.07, 6.45) is 6.01. The van der Waals surface area contributed by atoms with Crippen LogP contribution in [0.5, 0.6) is 11.5 Å². The fourth-order valence-corrected chi connectivity index (χ4v) is 3.74. The van der Waals surface area contributed by atoms with Crippen LogP contribution in [0.15, 0.2) is 71.7 Å². The number of benzene rings is 2. The number of hydrogen-bond acceptors (Lipinski definition) is 5. The number of likely N-dealkylation sites (N-methyl/N-ethyl adjacent to an activating group) is 1. The van der Waals surface area contributed by atoms with E-state index in [0.29, 0.717) is 29.7 Å². The first-order valence-corrected chi connectivity index (χ1v) is 12.2. The third-order valence-corrected chi connectivity index (χ3v) is 5.73. The number of anilines is 1. The Hall–Kier alpha value is -4.80. The largest absolute Gasteiger partial charge is 0.452 e. The summed E-state index contributed by atoms with van der Waals surface area (Å²) in [7, 11) is 3.32. The SMILES string of the molecule is CN(C)C(=O)/C=C/CCCC(=O)Nc1cccn(Cc2nc3cccc(Oc4ccc(F)cc4F)c3[nH]2)c1=O. The number of nitrogens with one attached hydrogen (secondary N) is 2. The van der Waals surface area contributed by atoms with Crippen LogP contribution in [-0.4, -0.2) is 45.3 Å². The van der Waals surface area contributed by atoms with Crippen LogP contribution in [0.4, 0.5) is 14.5 Å². The molecule has 0 radical (unpaired) electrons. The highest BCUT2D eigenvalue weighted by Gasteiger charge is 2.14. The summed E-state index contributed by atoms with van der Waals surface area (Å²) >= 11 is 0. The van der Waals surface area contributed by atoms with Crippen LogP contribution in [0.25, 0.3) is 11.0 Å². The Morgan fingerprint density at radius 1 is 1.13 bits per heavy atom. The first kappa shape index (κ1) is 27.2. The molecule has 2 heterocycles. The lowest BCUT2D eigenvalue weighted by Crippen LogP contribution is -2.26. The van der Waals surface area contributed by atoms with Crippen molar-refractivity contribution in [2.45, 2.75) is 25.8 Å². The zero-order chi connectivity index (χ0) is 27.9. The average Bonchev–Trinajstić information content (AvgIpc) is 3.31. The van der Waals surface area contributed by atoms with Crippen molar-refractivity contribution in [2.24, 2.45) is 0 Å². The van der Waals surface area contributed by atoms with Crippen LogP contribution >= 0.6 is 0 Å². The fourth-order valence-electron chi connectivity index (χ4n) is 3.74. The highest BCUT2D eigenvalue weighted by Crippen LogP contribution is 2.30. The lowest BCUT2D eigenvalue weighted by molar-refractivity contribution is -0.123. The molecule has 0 unspecified atom stereocenters. The van der Waals surface area contributed by atoms with E-state index >= 15 is 0 Å². The van der Waals surface area contributed by atoms with Gasteiger partial charge >= 0.3 is 0 Å². The standard InChI is InChI=1S/C28H27F2N5O4/c1-34(2)26(37)12-5-3-4-11-25(36)32-21-9-7-15-35(28(21)38)17-24-31-20-8-6-10-23(27(20)33-24)39-22-14-13-18(29)16-19(22)30/h5-10,12-16H,3-4,11,17H2,1-2H3,(H,31,33)(H,32,36)/b12-5+. The van der Waals surface area contributed by atoms with Crippen molar-refractivity contribution >= 4 is 28.5 Å². The van der Waals surface area contributed by atoms with Gasteiger partial charge in [0, 0.05) is 32.8 Å². The number of H-pyrrole nitrogens is 1. The number of carbonyl (C=O) groups is 2. The predicted octanol–water partition coefficient (Wildman–Crippen LogP) is 4.60. The molecule has 39 heavy (non-hydrogen) atoms. The van der Waals surface area contributed by atoms with Crippen LogP contribution in [0.1, 0.15) is 25.1 Å². The molecular formula is C28H27F2N5O4. The lowest BCUT2D eigenvalue weighted by atomic mass is 10.2. The van der Waals surface area contributed by atoms with Gasteiger partial charge in [-0.3, -0.25) is 14.4 Å². The molecule has 0 aliphatic carbocycles. The van der Waals surface area contributed by atoms with Gasteiger partial charge in [-0.1, -0.05) is 12.1 Å². The van der Waals surface area contributed by atoms with E-state index in [4.69, 9.17) is 4.74 Å². The Morgan fingerprint density at radius 2 is 1.95 bits per heavy atom. The van der Waals surface area contributed by atoms with Gasteiger partial charge in [0.2, 0.25) is 11.8 Å². The van der Waals surface area contributed by atoms with Crippen molar-refractivity contribution in [3.05, 3.63) is 94.7 Å². The molecule has 0 saturated carbocycles. The van der Waals surface area contributed by atoms with Gasteiger partial charge in [-0.25, -0.2) is 13.8 Å². The van der Waals surface area contributed by atoms with Crippen LogP contribution in [0.2, 0.25) is 0 Å². The molecule has 4 aromatic rings. The van der Waals surface area contributed by atoms with Crippen molar-refractivity contribution < 1.29 is 23.1 Å². The van der Waals surface area contributed by atoms with E-state index < -0.39 is 17.2 Å². The molecule has 4 rings (SSSR count). The second kappa shape index (κ2) is 12.2. The number of allylic oxidation sites excluding steroid dienone is 1. The second-order valence-electron chi connectivity index (χ2n) is 8.94. The van der Waals surface area contributed by atoms with Crippen LogP contribution < -0.4 is 15.6 Å². The second-order valence-corrected chi connectivity index (χ2v) is 8.94. The number of fused-ring (bicyclic) bond motifs is 1. The summed E-state index contributed by atoms with van der Waals surface area (Å²) in [5.74, 6) is -1.41. The van der Waals surface area contributed by atoms with Gasteiger partial charge in [0.15, 0.2) is 17.3 Å². The minimum absolute atomic E-state index is 0.0757. The van der Waals surface area contributed by atoms with Crippen molar-refractivity contribution in [3.8, 4) is 11.5 Å². The summed E-state index contributed by atoms with van der Waals surface area (Å²) < 4.78 is 34.4. The number of carbonyl (C=O) groups excluding carboxylic acids is 2. The number of aromatic nitrogens is 3. The number of para-hydroxylation sites is 1. The Labute approximate surface area is 222 Å². The highest BCUT2D eigenvalue weighted by molar-refractivity contribution is 5.90. The molecule has 0 bridgehead atoms. The van der Waals surface area contributed by atoms with E-state index in [1.807, 2.05) is 0 Å². The molecule has 2 aromatic carbocycles. The molecule has 0 saturated heterocycles. The maximum absolute atomic E-state index is 14.1. The Kier molecular flexibility index (Phi) is 8.50. The topological polar surface area (TPSA) is 109 Å². The van der Waals surface area contributed by atoms with Gasteiger partial charge in [0.1, 0.15) is 22.8 Å². The van der Waals surface area contributed by atoms with Gasteiger partial charge < -0.3 is 24.5 Å². The summed E-state index contributed by atoms with van der Waals surface area (Å²) in [5, 5.41) is 2.64. The molecule has 9 nitrogen and oxygen atoms in total. The number of amides is 2. The molecule has 0 atom stereocenters. The summed E-state index contributed by atoms with van der Waals surface area (Å²) in [5.41, 5.74) is 0.735. The molecule has 2 aromatic heterocycles. The molecule has 11 heteroatoms. The number of unbranched alkanes of at least 4 members (excludes halogenated alkanes) is 1. The predicted molar refractivity (Wildman–Crippen MR) is 143 cm³/mol. The molecular weight excluding hydrogens is 508 g/mol. The van der Waals surface area contributed by atoms with Crippen LogP contribution in [-0.2, 0) is 16.1 Å². The number of imidazole rings is 1. The molecule has 0 aliphatic heterocycles. The number of rotatable bonds is 10. The quantitative estimate of drug-likeness (QED) is 0.228. The van der Waals surface area contributed by atoms with Crippen LogP contribution in [0, 0.1) is 11.6 Å². The number of hydrogen-bond donors (Lipinski definition) is 2. The zero-order valence-electron chi connectivity index (χ0n) is 21.4. The lowest BCUT2D eigenvalue weighted by Gasteiger charge is -2.08. The van der Waals surface area contributed by atoms with E-state index in [9.17, 15) is 23.2 Å². The van der Waals surface area contributed by atoms with Crippen molar-refractivity contribution in [3.63, 3.8) is 0 Å². The molecule has 0 aliphatic rings. The monoisotopic (exact) mass is 535 g/mol. The van der Waals surface area contributed by atoms with Gasteiger partial charge in [-0.15, -0.1) is 0 Å². The molecule has 0 fully saturated rings. The summed E-state index contributed by atoms with van der Waals surface area (Å²) in [6.45, 7) is 0.0757.